The van der Waals surface area contributed by atoms with Gasteiger partial charge in [-0.1, -0.05) is 12.1 Å². The lowest BCUT2D eigenvalue weighted by molar-refractivity contribution is -0.274. The first-order chi connectivity index (χ1) is 11.4. The number of amides is 1. The summed E-state index contributed by atoms with van der Waals surface area (Å²) in [6.45, 7) is 0.730. The number of ether oxygens (including phenoxy) is 1. The third-order valence-corrected chi connectivity index (χ3v) is 3.61. The Balaban J connectivity index is 1.62. The molecule has 0 saturated heterocycles. The van der Waals surface area contributed by atoms with Crippen LogP contribution in [-0.2, 0) is 17.8 Å². The summed E-state index contributed by atoms with van der Waals surface area (Å²) in [5.74, 6) is -0.607. The van der Waals surface area contributed by atoms with Crippen LogP contribution in [-0.4, -0.2) is 28.8 Å². The molecule has 6 nitrogen and oxygen atoms in total. The van der Waals surface area contributed by atoms with Gasteiger partial charge in [0.2, 0.25) is 5.91 Å². The smallest absolute Gasteiger partial charge is 0.406 e. The van der Waals surface area contributed by atoms with E-state index in [1.807, 2.05) is 0 Å². The molecule has 0 bridgehead atoms. The molecule has 1 aliphatic rings. The van der Waals surface area contributed by atoms with Crippen LogP contribution in [0.2, 0.25) is 0 Å². The molecule has 24 heavy (non-hydrogen) atoms. The zero-order chi connectivity index (χ0) is 17.2. The molecule has 1 amide bonds. The minimum atomic E-state index is -4.75. The molecule has 0 radical (unpaired) electrons. The van der Waals surface area contributed by atoms with E-state index >= 15 is 0 Å². The van der Waals surface area contributed by atoms with Gasteiger partial charge >= 0.3 is 6.36 Å². The lowest BCUT2D eigenvalue weighted by Crippen LogP contribution is -2.41. The topological polar surface area (TPSA) is 79.0 Å². The number of benzene rings is 1. The van der Waals surface area contributed by atoms with Crippen LogP contribution in [0.1, 0.15) is 23.0 Å². The van der Waals surface area contributed by atoms with Crippen molar-refractivity contribution in [1.82, 2.24) is 20.6 Å². The number of imidazole rings is 1. The lowest BCUT2D eigenvalue weighted by Gasteiger charge is -2.22. The summed E-state index contributed by atoms with van der Waals surface area (Å²) in [5, 5.41) is 5.77. The molecule has 128 valence electrons. The third kappa shape index (κ3) is 3.85. The summed E-state index contributed by atoms with van der Waals surface area (Å²) in [7, 11) is 0. The van der Waals surface area contributed by atoms with E-state index < -0.39 is 12.4 Å². The number of carbonyl (C=O) groups is 1. The van der Waals surface area contributed by atoms with Crippen LogP contribution >= 0.6 is 0 Å². The second-order valence-corrected chi connectivity index (χ2v) is 5.32. The van der Waals surface area contributed by atoms with Crippen LogP contribution in [0.3, 0.4) is 0 Å². The van der Waals surface area contributed by atoms with Gasteiger partial charge in [0.1, 0.15) is 11.8 Å². The number of halogens is 3. The SMILES string of the molecule is O=C(NCc1cccc(OC(F)(F)F)c1)C1NCCc2[nH]cnc21. The number of hydrogen-bond acceptors (Lipinski definition) is 4. The molecule has 1 aromatic heterocycles. The van der Waals surface area contributed by atoms with Gasteiger partial charge in [-0.2, -0.15) is 0 Å². The third-order valence-electron chi connectivity index (χ3n) is 3.61. The molecule has 0 fully saturated rings. The number of H-pyrrole nitrogens is 1. The van der Waals surface area contributed by atoms with Crippen molar-refractivity contribution in [3.05, 3.63) is 47.5 Å². The Morgan fingerprint density at radius 3 is 3.04 bits per heavy atom. The number of aromatic nitrogens is 2. The molecule has 0 spiro atoms. The lowest BCUT2D eigenvalue weighted by atomic mass is 10.0. The van der Waals surface area contributed by atoms with Crippen molar-refractivity contribution in [1.29, 1.82) is 0 Å². The molecule has 3 rings (SSSR count). The predicted octanol–water partition coefficient (Wildman–Crippen LogP) is 1.81. The second-order valence-electron chi connectivity index (χ2n) is 5.32. The average molecular weight is 340 g/mol. The quantitative estimate of drug-likeness (QED) is 0.793. The summed E-state index contributed by atoms with van der Waals surface area (Å²) >= 11 is 0. The van der Waals surface area contributed by atoms with Crippen molar-refractivity contribution in [2.24, 2.45) is 0 Å². The van der Waals surface area contributed by atoms with Gasteiger partial charge < -0.3 is 20.4 Å². The molecular formula is C15H15F3N4O2. The zero-order valence-corrected chi connectivity index (χ0v) is 12.5. The molecule has 0 aliphatic carbocycles. The van der Waals surface area contributed by atoms with Gasteiger partial charge in [0.25, 0.3) is 0 Å². The molecule has 1 atom stereocenters. The van der Waals surface area contributed by atoms with E-state index in [1.165, 1.54) is 24.5 Å². The van der Waals surface area contributed by atoms with Crippen molar-refractivity contribution in [3.8, 4) is 5.75 Å². The van der Waals surface area contributed by atoms with Gasteiger partial charge in [-0.25, -0.2) is 4.98 Å². The fourth-order valence-electron chi connectivity index (χ4n) is 2.58. The van der Waals surface area contributed by atoms with E-state index in [9.17, 15) is 18.0 Å². The van der Waals surface area contributed by atoms with Crippen molar-refractivity contribution in [3.63, 3.8) is 0 Å². The molecule has 2 aromatic rings. The van der Waals surface area contributed by atoms with Crippen LogP contribution < -0.4 is 15.4 Å². The van der Waals surface area contributed by atoms with Gasteiger partial charge in [-0.15, -0.1) is 13.2 Å². The number of aromatic amines is 1. The summed E-state index contributed by atoms with van der Waals surface area (Å²) in [6.07, 6.45) is -2.45. The molecule has 1 aromatic carbocycles. The van der Waals surface area contributed by atoms with E-state index in [1.54, 1.807) is 6.07 Å². The number of hydrogen-bond donors (Lipinski definition) is 3. The van der Waals surface area contributed by atoms with E-state index in [0.717, 1.165) is 12.1 Å². The fraction of sp³-hybridized carbons (Fsp3) is 0.333. The van der Waals surface area contributed by atoms with Crippen molar-refractivity contribution < 1.29 is 22.7 Å². The van der Waals surface area contributed by atoms with Crippen molar-refractivity contribution in [2.75, 3.05) is 6.54 Å². The van der Waals surface area contributed by atoms with E-state index in [-0.39, 0.29) is 18.2 Å². The minimum absolute atomic E-state index is 0.0891. The maximum Gasteiger partial charge on any atom is 0.573 e. The number of carbonyl (C=O) groups excluding carboxylic acids is 1. The van der Waals surface area contributed by atoms with Crippen LogP contribution in [0.5, 0.6) is 5.75 Å². The maximum absolute atomic E-state index is 12.3. The number of nitrogens with one attached hydrogen (secondary N) is 3. The number of nitrogens with zero attached hydrogens (tertiary/aromatic N) is 1. The van der Waals surface area contributed by atoms with Gasteiger partial charge in [0.05, 0.1) is 12.0 Å². The van der Waals surface area contributed by atoms with Gasteiger partial charge in [0, 0.05) is 25.2 Å². The average Bonchev–Trinajstić information content (AvgIpc) is 2.99. The Labute approximate surface area is 135 Å². The Kier molecular flexibility index (Phi) is 4.43. The molecule has 3 N–H and O–H groups in total. The van der Waals surface area contributed by atoms with Crippen LogP contribution in [0.4, 0.5) is 13.2 Å². The number of fused-ring (bicyclic) bond motifs is 1. The highest BCUT2D eigenvalue weighted by atomic mass is 19.4. The predicted molar refractivity (Wildman–Crippen MR) is 78.0 cm³/mol. The molecule has 1 aliphatic heterocycles. The van der Waals surface area contributed by atoms with Crippen LogP contribution in [0.25, 0.3) is 0 Å². The number of alkyl halides is 3. The van der Waals surface area contributed by atoms with E-state index in [4.69, 9.17) is 0 Å². The van der Waals surface area contributed by atoms with Crippen LogP contribution in [0.15, 0.2) is 30.6 Å². The molecule has 2 heterocycles. The number of rotatable bonds is 4. The van der Waals surface area contributed by atoms with E-state index in [2.05, 4.69) is 25.3 Å². The monoisotopic (exact) mass is 340 g/mol. The highest BCUT2D eigenvalue weighted by Crippen LogP contribution is 2.23. The summed E-state index contributed by atoms with van der Waals surface area (Å²) in [5.41, 5.74) is 2.06. The normalized spacial score (nSPS) is 17.2. The highest BCUT2D eigenvalue weighted by Gasteiger charge is 2.31. The summed E-state index contributed by atoms with van der Waals surface area (Å²) in [6, 6.07) is 4.92. The zero-order valence-electron chi connectivity index (χ0n) is 12.5. The van der Waals surface area contributed by atoms with Crippen molar-refractivity contribution in [2.45, 2.75) is 25.4 Å². The maximum atomic E-state index is 12.3. The largest absolute Gasteiger partial charge is 0.573 e. The van der Waals surface area contributed by atoms with Crippen LogP contribution in [0, 0.1) is 0 Å². The first-order valence-corrected chi connectivity index (χ1v) is 7.30. The van der Waals surface area contributed by atoms with Gasteiger partial charge in [-0.05, 0) is 17.7 Å². The molecular weight excluding hydrogens is 325 g/mol. The first-order valence-electron chi connectivity index (χ1n) is 7.30. The molecule has 9 heteroatoms. The Hall–Kier alpha value is -2.55. The Bertz CT molecular complexity index is 730. The Morgan fingerprint density at radius 1 is 1.42 bits per heavy atom. The highest BCUT2D eigenvalue weighted by molar-refractivity contribution is 5.83. The first kappa shape index (κ1) is 16.3. The van der Waals surface area contributed by atoms with Crippen molar-refractivity contribution >= 4 is 5.91 Å². The van der Waals surface area contributed by atoms with Gasteiger partial charge in [0.15, 0.2) is 0 Å². The van der Waals surface area contributed by atoms with E-state index in [0.29, 0.717) is 17.8 Å². The van der Waals surface area contributed by atoms with Gasteiger partial charge in [-0.3, -0.25) is 4.79 Å². The molecule has 1 unspecified atom stereocenters. The summed E-state index contributed by atoms with van der Waals surface area (Å²) < 4.78 is 40.6. The fourth-order valence-corrected chi connectivity index (χ4v) is 2.58. The Morgan fingerprint density at radius 2 is 2.25 bits per heavy atom. The second kappa shape index (κ2) is 6.52. The minimum Gasteiger partial charge on any atom is -0.406 e. The standard InChI is InChI=1S/C15H15F3N4O2/c16-15(17,18)24-10-3-1-2-9(6-10)7-20-14(23)13-12-11(4-5-19-13)21-8-22-12/h1-3,6,8,13,19H,4-5,7H2,(H,20,23)(H,21,22). The summed E-state index contributed by atoms with van der Waals surface area (Å²) in [4.78, 5) is 19.4. The molecule has 0 saturated carbocycles.